The van der Waals surface area contributed by atoms with Gasteiger partial charge in [0.05, 0.1) is 5.56 Å². The highest BCUT2D eigenvalue weighted by atomic mass is 19.4. The lowest BCUT2D eigenvalue weighted by Gasteiger charge is -2.19. The maximum Gasteiger partial charge on any atom is 0.416 e. The molecule has 0 radical (unpaired) electrons. The average molecular weight is 401 g/mol. The van der Waals surface area contributed by atoms with E-state index < -0.39 is 11.7 Å². The highest BCUT2D eigenvalue weighted by Crippen LogP contribution is 2.42. The predicted octanol–water partition coefficient (Wildman–Crippen LogP) is 7.38. The molecule has 2 nitrogen and oxygen atoms in total. The van der Waals surface area contributed by atoms with E-state index in [0.29, 0.717) is 16.9 Å². The van der Waals surface area contributed by atoms with E-state index in [1.54, 1.807) is 12.1 Å². The first kappa shape index (κ1) is 19.9. The summed E-state index contributed by atoms with van der Waals surface area (Å²) in [5.74, 6) is 0.692. The lowest BCUT2D eigenvalue weighted by Crippen LogP contribution is -2.12. The van der Waals surface area contributed by atoms with Crippen LogP contribution in [0.15, 0.2) is 42.6 Å². The summed E-state index contributed by atoms with van der Waals surface area (Å²) >= 11 is 0. The van der Waals surface area contributed by atoms with Gasteiger partial charge in [0.15, 0.2) is 0 Å². The molecule has 154 valence electrons. The third-order valence-electron chi connectivity index (χ3n) is 5.88. The fourth-order valence-electron chi connectivity index (χ4n) is 4.42. The summed E-state index contributed by atoms with van der Waals surface area (Å²) < 4.78 is 46.8. The normalized spacial score (nSPS) is 15.3. The monoisotopic (exact) mass is 401 g/mol. The number of hydrogen-bond acceptors (Lipinski definition) is 1. The van der Waals surface area contributed by atoms with Crippen LogP contribution in [-0.2, 0) is 19.2 Å². The fraction of sp³-hybridized carbons (Fsp3) is 0.417. The Labute approximate surface area is 169 Å². The second kappa shape index (κ2) is 8.13. The molecule has 29 heavy (non-hydrogen) atoms. The van der Waals surface area contributed by atoms with Crippen molar-refractivity contribution in [2.24, 2.45) is 0 Å². The number of rotatable bonds is 6. The van der Waals surface area contributed by atoms with Gasteiger partial charge in [0.1, 0.15) is 12.4 Å². The summed E-state index contributed by atoms with van der Waals surface area (Å²) in [6, 6.07) is 10.5. The lowest BCUT2D eigenvalue weighted by molar-refractivity contribution is -0.138. The molecular weight excluding hydrogens is 375 g/mol. The van der Waals surface area contributed by atoms with Gasteiger partial charge in [-0.1, -0.05) is 38.3 Å². The van der Waals surface area contributed by atoms with Crippen molar-refractivity contribution in [2.45, 2.75) is 64.1 Å². The first-order chi connectivity index (χ1) is 14.0. The first-order valence-electron chi connectivity index (χ1n) is 10.4. The smallest absolute Gasteiger partial charge is 0.416 e. The fourth-order valence-corrected chi connectivity index (χ4v) is 4.42. The van der Waals surface area contributed by atoms with Crippen LogP contribution in [-0.4, -0.2) is 4.98 Å². The molecule has 4 rings (SSSR count). The van der Waals surface area contributed by atoms with E-state index in [9.17, 15) is 13.2 Å². The van der Waals surface area contributed by atoms with Crippen molar-refractivity contribution in [3.8, 4) is 5.75 Å². The van der Waals surface area contributed by atoms with E-state index in [1.165, 1.54) is 11.6 Å². The Hall–Kier alpha value is -2.43. The molecule has 1 fully saturated rings. The Morgan fingerprint density at radius 3 is 2.59 bits per heavy atom. The molecule has 1 saturated carbocycles. The van der Waals surface area contributed by atoms with Crippen LogP contribution in [0.3, 0.4) is 0 Å². The van der Waals surface area contributed by atoms with Gasteiger partial charge in [0.25, 0.3) is 0 Å². The number of hydrogen-bond donors (Lipinski definition) is 1. The number of fused-ring (bicyclic) bond motifs is 1. The molecule has 1 heterocycles. The van der Waals surface area contributed by atoms with Gasteiger partial charge < -0.3 is 9.72 Å². The minimum absolute atomic E-state index is 0.0228. The van der Waals surface area contributed by atoms with Crippen LogP contribution in [0.4, 0.5) is 13.2 Å². The molecule has 2 aromatic carbocycles. The Kier molecular flexibility index (Phi) is 5.57. The SMILES string of the molecule is CCCc1c[nH]c2ccc(OCc3ccc(C4CCCC4)c(C(F)(F)F)c3)cc12. The number of alkyl halides is 3. The lowest BCUT2D eigenvalue weighted by atomic mass is 9.91. The molecule has 1 aliphatic rings. The molecule has 0 amide bonds. The van der Waals surface area contributed by atoms with Crippen LogP contribution >= 0.6 is 0 Å². The first-order valence-corrected chi connectivity index (χ1v) is 10.4. The summed E-state index contributed by atoms with van der Waals surface area (Å²) in [6.45, 7) is 2.25. The number of benzene rings is 2. The Balaban J connectivity index is 1.55. The standard InChI is InChI=1S/C24H26F3NO/c1-2-5-18-14-28-23-11-9-19(13-21(18)23)29-15-16-8-10-20(17-6-3-4-7-17)22(12-16)24(25,26)27/h8-14,17,28H,2-7,15H2,1H3. The Morgan fingerprint density at radius 1 is 1.07 bits per heavy atom. The van der Waals surface area contributed by atoms with Gasteiger partial charge in [-0.2, -0.15) is 13.2 Å². The third kappa shape index (κ3) is 4.29. The van der Waals surface area contributed by atoms with Crippen molar-refractivity contribution in [2.75, 3.05) is 0 Å². The van der Waals surface area contributed by atoms with Crippen LogP contribution in [0.2, 0.25) is 0 Å². The second-order valence-electron chi connectivity index (χ2n) is 7.96. The minimum Gasteiger partial charge on any atom is -0.489 e. The van der Waals surface area contributed by atoms with Gasteiger partial charge in [0.2, 0.25) is 0 Å². The minimum atomic E-state index is -4.34. The van der Waals surface area contributed by atoms with Crippen LogP contribution < -0.4 is 4.74 Å². The molecule has 0 atom stereocenters. The Bertz CT molecular complexity index is 983. The van der Waals surface area contributed by atoms with E-state index in [4.69, 9.17) is 4.74 Å². The topological polar surface area (TPSA) is 25.0 Å². The van der Waals surface area contributed by atoms with Crippen molar-refractivity contribution in [3.05, 3.63) is 64.8 Å². The number of aromatic nitrogens is 1. The van der Waals surface area contributed by atoms with Crippen LogP contribution in [0.1, 0.15) is 67.2 Å². The number of H-pyrrole nitrogens is 1. The number of aryl methyl sites for hydroxylation is 1. The molecular formula is C24H26F3NO. The Morgan fingerprint density at radius 2 is 1.86 bits per heavy atom. The van der Waals surface area contributed by atoms with Crippen molar-refractivity contribution in [1.29, 1.82) is 0 Å². The number of aromatic amines is 1. The number of ether oxygens (including phenoxy) is 1. The summed E-state index contributed by atoms with van der Waals surface area (Å²) in [7, 11) is 0. The number of halogens is 3. The molecule has 0 spiro atoms. The van der Waals surface area contributed by atoms with Crippen LogP contribution in [0.5, 0.6) is 5.75 Å². The maximum absolute atomic E-state index is 13.7. The average Bonchev–Trinajstić information content (AvgIpc) is 3.36. The largest absolute Gasteiger partial charge is 0.489 e. The number of nitrogens with one attached hydrogen (secondary N) is 1. The van der Waals surface area contributed by atoms with Gasteiger partial charge in [-0.3, -0.25) is 0 Å². The second-order valence-corrected chi connectivity index (χ2v) is 7.96. The van der Waals surface area contributed by atoms with Crippen LogP contribution in [0.25, 0.3) is 10.9 Å². The molecule has 0 saturated heterocycles. The molecule has 1 N–H and O–H groups in total. The quantitative estimate of drug-likeness (QED) is 0.458. The highest BCUT2D eigenvalue weighted by molar-refractivity contribution is 5.84. The molecule has 5 heteroatoms. The summed E-state index contributed by atoms with van der Waals surface area (Å²) in [5.41, 5.74) is 2.75. The molecule has 0 aliphatic heterocycles. The van der Waals surface area contributed by atoms with Gasteiger partial charge in [-0.05, 0) is 66.1 Å². The highest BCUT2D eigenvalue weighted by Gasteiger charge is 2.36. The predicted molar refractivity (Wildman–Crippen MR) is 109 cm³/mol. The molecule has 1 aromatic heterocycles. The van der Waals surface area contributed by atoms with Gasteiger partial charge in [-0.25, -0.2) is 0 Å². The molecule has 3 aromatic rings. The van der Waals surface area contributed by atoms with E-state index in [0.717, 1.165) is 49.4 Å². The van der Waals surface area contributed by atoms with Crippen molar-refractivity contribution in [3.63, 3.8) is 0 Å². The van der Waals surface area contributed by atoms with E-state index in [1.807, 2.05) is 24.4 Å². The molecule has 1 aliphatic carbocycles. The zero-order chi connectivity index (χ0) is 20.4. The molecule has 0 bridgehead atoms. The van der Waals surface area contributed by atoms with Gasteiger partial charge in [-0.15, -0.1) is 0 Å². The van der Waals surface area contributed by atoms with Gasteiger partial charge >= 0.3 is 6.18 Å². The van der Waals surface area contributed by atoms with Gasteiger partial charge in [0, 0.05) is 17.1 Å². The third-order valence-corrected chi connectivity index (χ3v) is 5.88. The van der Waals surface area contributed by atoms with Crippen LogP contribution in [0, 0.1) is 0 Å². The van der Waals surface area contributed by atoms with E-state index in [2.05, 4.69) is 11.9 Å². The summed E-state index contributed by atoms with van der Waals surface area (Å²) in [4.78, 5) is 3.25. The summed E-state index contributed by atoms with van der Waals surface area (Å²) in [6.07, 6.45) is 3.39. The van der Waals surface area contributed by atoms with Crippen molar-refractivity contribution < 1.29 is 17.9 Å². The van der Waals surface area contributed by atoms with E-state index in [-0.39, 0.29) is 12.5 Å². The zero-order valence-corrected chi connectivity index (χ0v) is 16.6. The van der Waals surface area contributed by atoms with Crippen molar-refractivity contribution >= 4 is 10.9 Å². The van der Waals surface area contributed by atoms with E-state index >= 15 is 0 Å². The molecule has 0 unspecified atom stereocenters. The summed E-state index contributed by atoms with van der Waals surface area (Å²) in [5, 5.41) is 1.11. The maximum atomic E-state index is 13.7. The zero-order valence-electron chi connectivity index (χ0n) is 16.6. The van der Waals surface area contributed by atoms with Crippen molar-refractivity contribution in [1.82, 2.24) is 4.98 Å².